The Balaban J connectivity index is 2.69. The summed E-state index contributed by atoms with van der Waals surface area (Å²) in [4.78, 5) is 10.6. The second-order valence-corrected chi connectivity index (χ2v) is 3.18. The maximum atomic E-state index is 10.6. The molecule has 0 amide bonds. The van der Waals surface area contributed by atoms with E-state index < -0.39 is 0 Å². The highest BCUT2D eigenvalue weighted by molar-refractivity contribution is 5.72. The molecule has 0 N–H and O–H groups in total. The lowest BCUT2D eigenvalue weighted by atomic mass is 9.93. The molecule has 9 heavy (non-hydrogen) atoms. The normalized spacial score (nSPS) is 32.3. The van der Waals surface area contributed by atoms with Crippen LogP contribution in [0.5, 0.6) is 0 Å². The van der Waals surface area contributed by atoms with Gasteiger partial charge in [0.2, 0.25) is 0 Å². The van der Waals surface area contributed by atoms with E-state index in [9.17, 15) is 4.79 Å². The Labute approximate surface area is 55.2 Å². The van der Waals surface area contributed by atoms with E-state index in [0.717, 1.165) is 0 Å². The third kappa shape index (κ3) is 1.07. The maximum Gasteiger partial charge on any atom is 0.306 e. The Morgan fingerprint density at radius 2 is 2.22 bits per heavy atom. The molecule has 0 aromatic rings. The van der Waals surface area contributed by atoms with Crippen LogP contribution in [0.2, 0.25) is 0 Å². The highest BCUT2D eigenvalue weighted by atomic mass is 16.6. The molecule has 2 heteroatoms. The Hall–Kier alpha value is -0.530. The molecule has 52 valence electrons. The quantitative estimate of drug-likeness (QED) is 0.460. The summed E-state index contributed by atoms with van der Waals surface area (Å²) in [6.07, 6.45) is 0.576. The summed E-state index contributed by atoms with van der Waals surface area (Å²) in [7, 11) is 0. The van der Waals surface area contributed by atoms with Crippen molar-refractivity contribution in [3.05, 3.63) is 0 Å². The first-order chi connectivity index (χ1) is 4.02. The second-order valence-electron chi connectivity index (χ2n) is 3.18. The molecule has 1 saturated heterocycles. The lowest BCUT2D eigenvalue weighted by Gasteiger charge is -2.20. The Morgan fingerprint density at radius 1 is 1.67 bits per heavy atom. The molecule has 1 aliphatic heterocycles. The van der Waals surface area contributed by atoms with Crippen LogP contribution in [0, 0.1) is 5.92 Å². The van der Waals surface area contributed by atoms with Crippen molar-refractivity contribution in [3.8, 4) is 0 Å². The van der Waals surface area contributed by atoms with Gasteiger partial charge in [0, 0.05) is 5.92 Å². The summed E-state index contributed by atoms with van der Waals surface area (Å²) < 4.78 is 5.02. The highest BCUT2D eigenvalue weighted by Gasteiger charge is 2.38. The van der Waals surface area contributed by atoms with Gasteiger partial charge in [-0.05, 0) is 13.8 Å². The van der Waals surface area contributed by atoms with Crippen molar-refractivity contribution in [1.82, 2.24) is 0 Å². The summed E-state index contributed by atoms with van der Waals surface area (Å²) >= 11 is 0. The van der Waals surface area contributed by atoms with E-state index in [2.05, 4.69) is 0 Å². The van der Waals surface area contributed by atoms with Crippen molar-refractivity contribution in [2.75, 3.05) is 0 Å². The molecule has 0 saturated carbocycles. The van der Waals surface area contributed by atoms with Crippen LogP contribution in [0.3, 0.4) is 0 Å². The number of carbonyl (C=O) groups is 1. The van der Waals surface area contributed by atoms with Crippen LogP contribution in [-0.2, 0) is 9.53 Å². The van der Waals surface area contributed by atoms with Crippen molar-refractivity contribution >= 4 is 5.97 Å². The van der Waals surface area contributed by atoms with Crippen LogP contribution in [0.15, 0.2) is 0 Å². The average Bonchev–Trinajstić information content (AvgIpc) is 1.79. The molecule has 0 spiro atoms. The third-order valence-electron chi connectivity index (χ3n) is 2.04. The van der Waals surface area contributed by atoms with Gasteiger partial charge in [-0.3, -0.25) is 4.79 Å². The number of hydrogen-bond acceptors (Lipinski definition) is 2. The van der Waals surface area contributed by atoms with Gasteiger partial charge in [0.15, 0.2) is 0 Å². The van der Waals surface area contributed by atoms with Gasteiger partial charge in [-0.1, -0.05) is 6.92 Å². The minimum Gasteiger partial charge on any atom is -0.459 e. The fourth-order valence-corrected chi connectivity index (χ4v) is 0.931. The molecule has 0 unspecified atom stereocenters. The molecule has 0 bridgehead atoms. The molecule has 1 aliphatic rings. The first kappa shape index (κ1) is 6.59. The number of ether oxygens (including phenoxy) is 1. The van der Waals surface area contributed by atoms with Gasteiger partial charge in [0.25, 0.3) is 0 Å². The summed E-state index contributed by atoms with van der Waals surface area (Å²) in [6, 6.07) is 0. The van der Waals surface area contributed by atoms with Crippen LogP contribution in [0.1, 0.15) is 27.2 Å². The summed E-state index contributed by atoms with van der Waals surface area (Å²) in [5, 5.41) is 0. The molecule has 0 aromatic heterocycles. The zero-order chi connectivity index (χ0) is 7.07. The van der Waals surface area contributed by atoms with Crippen molar-refractivity contribution in [2.24, 2.45) is 5.92 Å². The molecule has 1 rings (SSSR count). The lowest BCUT2D eigenvalue weighted by molar-refractivity contribution is -0.146. The first-order valence-electron chi connectivity index (χ1n) is 3.24. The van der Waals surface area contributed by atoms with Crippen molar-refractivity contribution in [2.45, 2.75) is 32.8 Å². The van der Waals surface area contributed by atoms with Crippen LogP contribution >= 0.6 is 0 Å². The zero-order valence-electron chi connectivity index (χ0n) is 6.10. The molecule has 1 heterocycles. The number of esters is 1. The minimum absolute atomic E-state index is 0.0625. The van der Waals surface area contributed by atoms with E-state index in [-0.39, 0.29) is 11.6 Å². The van der Waals surface area contributed by atoms with Gasteiger partial charge in [-0.25, -0.2) is 0 Å². The topological polar surface area (TPSA) is 26.3 Å². The molecular weight excluding hydrogens is 116 g/mol. The van der Waals surface area contributed by atoms with Crippen LogP contribution in [-0.4, -0.2) is 11.6 Å². The average molecular weight is 128 g/mol. The minimum atomic E-state index is -0.225. The number of hydrogen-bond donors (Lipinski definition) is 0. The van der Waals surface area contributed by atoms with Crippen LogP contribution < -0.4 is 0 Å². The molecular formula is C7H12O2. The standard InChI is InChI=1S/C7H12O2/c1-5-4-6(8)9-7(5,2)3/h5H,4H2,1-3H3/t5-/m1/s1. The van der Waals surface area contributed by atoms with Gasteiger partial charge in [0.1, 0.15) is 5.60 Å². The monoisotopic (exact) mass is 128 g/mol. The summed E-state index contributed by atoms with van der Waals surface area (Å²) in [6.45, 7) is 5.93. The molecule has 0 aliphatic carbocycles. The predicted molar refractivity (Wildman–Crippen MR) is 34.0 cm³/mol. The number of carbonyl (C=O) groups excluding carboxylic acids is 1. The van der Waals surface area contributed by atoms with Crippen LogP contribution in [0.25, 0.3) is 0 Å². The van der Waals surface area contributed by atoms with E-state index >= 15 is 0 Å². The lowest BCUT2D eigenvalue weighted by Crippen LogP contribution is -2.25. The number of rotatable bonds is 0. The maximum absolute atomic E-state index is 10.6. The third-order valence-corrected chi connectivity index (χ3v) is 2.04. The fraction of sp³-hybridized carbons (Fsp3) is 0.857. The first-order valence-corrected chi connectivity index (χ1v) is 3.24. The van der Waals surface area contributed by atoms with E-state index in [1.807, 2.05) is 20.8 Å². The Kier molecular flexibility index (Phi) is 1.26. The smallest absolute Gasteiger partial charge is 0.306 e. The van der Waals surface area contributed by atoms with Crippen LogP contribution in [0.4, 0.5) is 0 Å². The van der Waals surface area contributed by atoms with E-state index in [1.165, 1.54) is 0 Å². The van der Waals surface area contributed by atoms with Gasteiger partial charge in [-0.15, -0.1) is 0 Å². The largest absolute Gasteiger partial charge is 0.459 e. The van der Waals surface area contributed by atoms with Crippen molar-refractivity contribution in [3.63, 3.8) is 0 Å². The van der Waals surface area contributed by atoms with E-state index in [0.29, 0.717) is 12.3 Å². The van der Waals surface area contributed by atoms with Crippen molar-refractivity contribution in [1.29, 1.82) is 0 Å². The number of cyclic esters (lactones) is 1. The van der Waals surface area contributed by atoms with Crippen molar-refractivity contribution < 1.29 is 9.53 Å². The second kappa shape index (κ2) is 1.72. The Bertz CT molecular complexity index is 138. The van der Waals surface area contributed by atoms with Gasteiger partial charge in [-0.2, -0.15) is 0 Å². The fourth-order valence-electron chi connectivity index (χ4n) is 0.931. The van der Waals surface area contributed by atoms with Gasteiger partial charge < -0.3 is 4.74 Å². The molecule has 0 aromatic carbocycles. The molecule has 0 radical (unpaired) electrons. The van der Waals surface area contributed by atoms with Gasteiger partial charge >= 0.3 is 5.97 Å². The summed E-state index contributed by atoms with van der Waals surface area (Å²) in [5.41, 5.74) is -0.225. The Morgan fingerprint density at radius 3 is 2.33 bits per heavy atom. The molecule has 1 atom stereocenters. The van der Waals surface area contributed by atoms with Gasteiger partial charge in [0.05, 0.1) is 6.42 Å². The van der Waals surface area contributed by atoms with E-state index in [1.54, 1.807) is 0 Å². The zero-order valence-corrected chi connectivity index (χ0v) is 6.10. The molecule has 1 fully saturated rings. The summed E-state index contributed by atoms with van der Waals surface area (Å²) in [5.74, 6) is 0.303. The van der Waals surface area contributed by atoms with E-state index in [4.69, 9.17) is 4.74 Å². The highest BCUT2D eigenvalue weighted by Crippen LogP contribution is 2.31. The molecule has 2 nitrogen and oxygen atoms in total. The SMILES string of the molecule is C[C@@H]1CC(=O)OC1(C)C. The predicted octanol–water partition coefficient (Wildman–Crippen LogP) is 1.35.